The first-order chi connectivity index (χ1) is 5.59. The highest BCUT2D eigenvalue weighted by molar-refractivity contribution is 6.50. The number of fused-ring (bicyclic) bond motifs is 1. The van der Waals surface area contributed by atoms with Crippen LogP contribution in [0.25, 0.3) is 0 Å². The number of nitrogens with two attached hydrogens (primary N) is 2. The van der Waals surface area contributed by atoms with Crippen LogP contribution in [0.3, 0.4) is 0 Å². The summed E-state index contributed by atoms with van der Waals surface area (Å²) in [4.78, 5) is 14.0. The Hall–Kier alpha value is -1.47. The van der Waals surface area contributed by atoms with Crippen LogP contribution in [0.1, 0.15) is 0 Å². The summed E-state index contributed by atoms with van der Waals surface area (Å²) in [6.45, 7) is 0. The molecule has 12 heavy (non-hydrogen) atoms. The van der Waals surface area contributed by atoms with Gasteiger partial charge in [0.1, 0.15) is 12.1 Å². The lowest BCUT2D eigenvalue weighted by atomic mass is 10.2. The van der Waals surface area contributed by atoms with Crippen molar-refractivity contribution in [1.82, 2.24) is 0 Å². The van der Waals surface area contributed by atoms with Crippen LogP contribution in [0.2, 0.25) is 0 Å². The zero-order chi connectivity index (χ0) is 8.77. The largest absolute Gasteiger partial charge is 0.309 e. The van der Waals surface area contributed by atoms with E-state index in [1.807, 2.05) is 0 Å². The normalized spacial score (nSPS) is 24.4. The molecule has 0 fully saturated rings. The van der Waals surface area contributed by atoms with E-state index in [1.165, 1.54) is 6.34 Å². The SMILES string of the molecule is NC1(N)N=C(F)N=C2N=CN=C21. The van der Waals surface area contributed by atoms with Crippen molar-refractivity contribution in [3.63, 3.8) is 0 Å². The Bertz CT molecular complexity index is 349. The van der Waals surface area contributed by atoms with Crippen molar-refractivity contribution in [2.75, 3.05) is 0 Å². The van der Waals surface area contributed by atoms with Crippen LogP contribution < -0.4 is 11.5 Å². The summed E-state index contributed by atoms with van der Waals surface area (Å²) in [5.41, 5.74) is 11.0. The number of aliphatic imine (C=N–C) groups is 4. The van der Waals surface area contributed by atoms with Crippen molar-refractivity contribution in [2.45, 2.75) is 5.79 Å². The predicted molar refractivity (Wildman–Crippen MR) is 43.0 cm³/mol. The van der Waals surface area contributed by atoms with E-state index >= 15 is 0 Å². The maximum absolute atomic E-state index is 12.6. The third-order valence-electron chi connectivity index (χ3n) is 1.43. The van der Waals surface area contributed by atoms with E-state index in [0.29, 0.717) is 0 Å². The fourth-order valence-electron chi connectivity index (χ4n) is 0.942. The third-order valence-corrected chi connectivity index (χ3v) is 1.43. The van der Waals surface area contributed by atoms with Gasteiger partial charge in [0.15, 0.2) is 5.84 Å². The van der Waals surface area contributed by atoms with E-state index in [9.17, 15) is 4.39 Å². The van der Waals surface area contributed by atoms with Crippen LogP contribution in [-0.2, 0) is 0 Å². The molecule has 0 amide bonds. The van der Waals surface area contributed by atoms with Crippen molar-refractivity contribution in [1.29, 1.82) is 0 Å². The van der Waals surface area contributed by atoms with Crippen molar-refractivity contribution in [3.05, 3.63) is 0 Å². The van der Waals surface area contributed by atoms with Crippen molar-refractivity contribution < 1.29 is 4.39 Å². The van der Waals surface area contributed by atoms with Crippen LogP contribution >= 0.6 is 0 Å². The molecule has 6 nitrogen and oxygen atoms in total. The summed E-state index contributed by atoms with van der Waals surface area (Å²) in [7, 11) is 0. The van der Waals surface area contributed by atoms with Gasteiger partial charge in [0, 0.05) is 0 Å². The standard InChI is InChI=1S/C5H5FN6/c6-4-11-3-2(9-1-10-3)5(7,8)12-4/h1H,7-8H2. The first kappa shape index (κ1) is 7.19. The molecule has 0 saturated carbocycles. The van der Waals surface area contributed by atoms with E-state index in [0.717, 1.165) is 0 Å². The molecule has 2 heterocycles. The minimum Gasteiger partial charge on any atom is -0.289 e. The summed E-state index contributed by atoms with van der Waals surface area (Å²) in [5.74, 6) is -1.55. The molecule has 0 aliphatic carbocycles. The lowest BCUT2D eigenvalue weighted by Crippen LogP contribution is -2.58. The lowest BCUT2D eigenvalue weighted by molar-refractivity contribution is 0.606. The molecule has 0 aromatic carbocycles. The molecule has 0 aromatic rings. The smallest absolute Gasteiger partial charge is 0.289 e. The predicted octanol–water partition coefficient (Wildman–Crippen LogP) is -1.22. The molecule has 2 rings (SSSR count). The summed E-state index contributed by atoms with van der Waals surface area (Å²) in [6, 6.07) is 0. The first-order valence-electron chi connectivity index (χ1n) is 3.12. The highest BCUT2D eigenvalue weighted by atomic mass is 19.1. The van der Waals surface area contributed by atoms with Crippen LogP contribution in [0.4, 0.5) is 4.39 Å². The molecule has 0 atom stereocenters. The summed E-state index contributed by atoms with van der Waals surface area (Å²) >= 11 is 0. The first-order valence-corrected chi connectivity index (χ1v) is 3.12. The quantitative estimate of drug-likeness (QED) is 0.349. The van der Waals surface area contributed by atoms with Crippen LogP contribution in [-0.4, -0.2) is 29.8 Å². The zero-order valence-electron chi connectivity index (χ0n) is 5.90. The third kappa shape index (κ3) is 0.874. The van der Waals surface area contributed by atoms with Crippen molar-refractivity contribution >= 4 is 24.0 Å². The van der Waals surface area contributed by atoms with Gasteiger partial charge < -0.3 is 0 Å². The Morgan fingerprint density at radius 1 is 1.42 bits per heavy atom. The van der Waals surface area contributed by atoms with Gasteiger partial charge in [0.05, 0.1) is 0 Å². The Balaban J connectivity index is 2.54. The molecule has 62 valence electrons. The molecule has 2 aliphatic heterocycles. The molecule has 0 radical (unpaired) electrons. The van der Waals surface area contributed by atoms with Gasteiger partial charge in [-0.2, -0.15) is 14.4 Å². The number of nitrogens with zero attached hydrogens (tertiary/aromatic N) is 4. The number of hydrogen-bond donors (Lipinski definition) is 2. The molecule has 4 N–H and O–H groups in total. The second kappa shape index (κ2) is 2.02. The van der Waals surface area contributed by atoms with Gasteiger partial charge >= 0.3 is 6.09 Å². The molecule has 0 unspecified atom stereocenters. The van der Waals surface area contributed by atoms with Gasteiger partial charge in [0.2, 0.25) is 5.79 Å². The van der Waals surface area contributed by atoms with Gasteiger partial charge in [-0.05, 0) is 0 Å². The van der Waals surface area contributed by atoms with E-state index in [2.05, 4.69) is 20.0 Å². The second-order valence-electron chi connectivity index (χ2n) is 2.36. The summed E-state index contributed by atoms with van der Waals surface area (Å²) in [6.07, 6.45) is 0.226. The van der Waals surface area contributed by atoms with E-state index in [1.54, 1.807) is 0 Å². The Morgan fingerprint density at radius 3 is 2.92 bits per heavy atom. The Kier molecular flexibility index (Phi) is 1.21. The molecule has 0 aromatic heterocycles. The van der Waals surface area contributed by atoms with Crippen LogP contribution in [0.5, 0.6) is 0 Å². The molecule has 2 aliphatic rings. The Morgan fingerprint density at radius 2 is 2.17 bits per heavy atom. The maximum Gasteiger partial charge on any atom is 0.309 e. The maximum atomic E-state index is 12.6. The van der Waals surface area contributed by atoms with Crippen LogP contribution in [0, 0.1) is 0 Å². The summed E-state index contributed by atoms with van der Waals surface area (Å²) < 4.78 is 12.6. The summed E-state index contributed by atoms with van der Waals surface area (Å²) in [5, 5.41) is 0. The minimum absolute atomic E-state index is 0.0903. The van der Waals surface area contributed by atoms with E-state index in [-0.39, 0.29) is 11.5 Å². The van der Waals surface area contributed by atoms with E-state index in [4.69, 9.17) is 11.5 Å². The van der Waals surface area contributed by atoms with Crippen LogP contribution in [0.15, 0.2) is 20.0 Å². The van der Waals surface area contributed by atoms with Crippen molar-refractivity contribution in [3.8, 4) is 0 Å². The highest BCUT2D eigenvalue weighted by Crippen LogP contribution is 2.12. The highest BCUT2D eigenvalue weighted by Gasteiger charge is 2.36. The number of amidine groups is 2. The monoisotopic (exact) mass is 168 g/mol. The molecule has 0 bridgehead atoms. The van der Waals surface area contributed by atoms with Gasteiger partial charge in [-0.1, -0.05) is 0 Å². The molecule has 0 spiro atoms. The minimum atomic E-state index is -1.64. The van der Waals surface area contributed by atoms with Crippen molar-refractivity contribution in [2.24, 2.45) is 31.4 Å². The number of halogens is 1. The average molecular weight is 168 g/mol. The molecular formula is C5H5FN6. The second-order valence-corrected chi connectivity index (χ2v) is 2.36. The van der Waals surface area contributed by atoms with Gasteiger partial charge in [-0.3, -0.25) is 11.5 Å². The topological polar surface area (TPSA) is 101 Å². The molecule has 7 heteroatoms. The van der Waals surface area contributed by atoms with E-state index < -0.39 is 11.9 Å². The molecule has 0 saturated heterocycles. The Labute approximate surface area is 66.6 Å². The fourth-order valence-corrected chi connectivity index (χ4v) is 0.942. The number of hydrogen-bond acceptors (Lipinski definition) is 6. The molecular weight excluding hydrogens is 163 g/mol. The van der Waals surface area contributed by atoms with Gasteiger partial charge in [0.25, 0.3) is 0 Å². The van der Waals surface area contributed by atoms with Gasteiger partial charge in [-0.15, -0.1) is 0 Å². The lowest BCUT2D eigenvalue weighted by Gasteiger charge is -2.21. The zero-order valence-corrected chi connectivity index (χ0v) is 5.90. The number of rotatable bonds is 0. The van der Waals surface area contributed by atoms with Gasteiger partial charge in [-0.25, -0.2) is 9.98 Å². The average Bonchev–Trinajstić information content (AvgIpc) is 2.32. The fraction of sp³-hybridized carbons (Fsp3) is 0.200.